The molecule has 11 heteroatoms. The number of methoxy groups -OCH3 is 1. The van der Waals surface area contributed by atoms with Crippen molar-refractivity contribution in [3.05, 3.63) is 81.4 Å². The highest BCUT2D eigenvalue weighted by molar-refractivity contribution is 6.30. The Kier molecular flexibility index (Phi) is 5.91. The number of hydrogen-bond acceptors (Lipinski definition) is 11. The topological polar surface area (TPSA) is 177 Å². The SMILES string of the molecule is COC(=O)[C@@]12Oc3cccc(Oc4c(C)cc5c(c4O)C(=O)c4c(O)cccc4C5=O)c3C(O)=C1C(=O)C[C@H](C)[C@@H]2O. The van der Waals surface area contributed by atoms with Gasteiger partial charge in [0, 0.05) is 17.5 Å². The lowest BCUT2D eigenvalue weighted by Gasteiger charge is -2.45. The van der Waals surface area contributed by atoms with E-state index in [0.717, 1.165) is 7.11 Å². The molecule has 214 valence electrons. The highest BCUT2D eigenvalue weighted by Gasteiger charge is 2.63. The summed E-state index contributed by atoms with van der Waals surface area (Å²) in [5, 5.41) is 44.0. The van der Waals surface area contributed by atoms with Gasteiger partial charge in [-0.05, 0) is 42.7 Å². The summed E-state index contributed by atoms with van der Waals surface area (Å²) in [6.45, 7) is 3.09. The van der Waals surface area contributed by atoms with Gasteiger partial charge in [0.2, 0.25) is 5.78 Å². The number of Topliss-reactive ketones (excluding diaryl/α,β-unsaturated/α-hetero) is 1. The highest BCUT2D eigenvalue weighted by Crippen LogP contribution is 2.52. The number of fused-ring (bicyclic) bond motifs is 4. The van der Waals surface area contributed by atoms with E-state index in [-0.39, 0.29) is 57.1 Å². The van der Waals surface area contributed by atoms with Crippen LogP contribution in [-0.2, 0) is 14.3 Å². The zero-order chi connectivity index (χ0) is 30.2. The van der Waals surface area contributed by atoms with Crippen LogP contribution in [0.5, 0.6) is 28.7 Å². The first-order chi connectivity index (χ1) is 19.9. The van der Waals surface area contributed by atoms with E-state index in [4.69, 9.17) is 14.2 Å². The summed E-state index contributed by atoms with van der Waals surface area (Å²) >= 11 is 0. The van der Waals surface area contributed by atoms with Crippen LogP contribution in [-0.4, -0.2) is 62.6 Å². The predicted octanol–water partition coefficient (Wildman–Crippen LogP) is 3.52. The second-order valence-electron chi connectivity index (χ2n) is 10.5. The van der Waals surface area contributed by atoms with E-state index in [1.807, 2.05) is 0 Å². The Morgan fingerprint density at radius 3 is 2.40 bits per heavy atom. The number of aliphatic hydroxyl groups is 2. The number of ketones is 3. The van der Waals surface area contributed by atoms with Crippen LogP contribution in [0.15, 0.2) is 48.0 Å². The molecular formula is C31H24O11. The van der Waals surface area contributed by atoms with Gasteiger partial charge in [0.05, 0.1) is 23.8 Å². The van der Waals surface area contributed by atoms with Gasteiger partial charge in [-0.3, -0.25) is 14.4 Å². The molecule has 0 spiro atoms. The predicted molar refractivity (Wildman–Crippen MR) is 144 cm³/mol. The minimum atomic E-state index is -2.33. The monoisotopic (exact) mass is 572 g/mol. The summed E-state index contributed by atoms with van der Waals surface area (Å²) in [7, 11) is 1.06. The van der Waals surface area contributed by atoms with Crippen molar-refractivity contribution < 1.29 is 53.8 Å². The van der Waals surface area contributed by atoms with Crippen molar-refractivity contribution in [2.75, 3.05) is 7.11 Å². The molecule has 1 aliphatic heterocycles. The number of aliphatic hydroxyl groups excluding tert-OH is 2. The third-order valence-electron chi connectivity index (χ3n) is 7.97. The van der Waals surface area contributed by atoms with E-state index in [9.17, 15) is 39.6 Å². The fraction of sp³-hybridized carbons (Fsp3) is 0.226. The minimum Gasteiger partial charge on any atom is -0.507 e. The van der Waals surface area contributed by atoms with Gasteiger partial charge < -0.3 is 34.6 Å². The maximum atomic E-state index is 13.4. The third-order valence-corrected chi connectivity index (χ3v) is 7.97. The van der Waals surface area contributed by atoms with Gasteiger partial charge in [-0.1, -0.05) is 25.1 Å². The largest absolute Gasteiger partial charge is 0.507 e. The average molecular weight is 573 g/mol. The summed E-state index contributed by atoms with van der Waals surface area (Å²) in [4.78, 5) is 52.7. The molecule has 11 nitrogen and oxygen atoms in total. The second kappa shape index (κ2) is 9.18. The molecule has 3 aromatic rings. The highest BCUT2D eigenvalue weighted by atomic mass is 16.6. The van der Waals surface area contributed by atoms with Crippen LogP contribution in [0.4, 0.5) is 0 Å². The number of benzene rings is 3. The first-order valence-electron chi connectivity index (χ1n) is 13.0. The van der Waals surface area contributed by atoms with E-state index in [1.54, 1.807) is 6.92 Å². The van der Waals surface area contributed by atoms with Gasteiger partial charge in [0.15, 0.2) is 23.1 Å². The summed E-state index contributed by atoms with van der Waals surface area (Å²) in [5.41, 5.74) is -3.44. The van der Waals surface area contributed by atoms with Crippen LogP contribution in [0, 0.1) is 12.8 Å². The lowest BCUT2D eigenvalue weighted by molar-refractivity contribution is -0.173. The zero-order valence-corrected chi connectivity index (χ0v) is 22.5. The van der Waals surface area contributed by atoms with Gasteiger partial charge in [0.1, 0.15) is 34.7 Å². The Bertz CT molecular complexity index is 1800. The number of hydrogen-bond donors (Lipinski definition) is 4. The zero-order valence-electron chi connectivity index (χ0n) is 22.5. The molecule has 1 heterocycles. The summed E-state index contributed by atoms with van der Waals surface area (Å²) in [6.07, 6.45) is -1.72. The van der Waals surface area contributed by atoms with Crippen molar-refractivity contribution in [1.82, 2.24) is 0 Å². The van der Waals surface area contributed by atoms with Crippen molar-refractivity contribution in [2.45, 2.75) is 32.0 Å². The molecule has 3 atom stereocenters. The van der Waals surface area contributed by atoms with E-state index in [2.05, 4.69) is 0 Å². The molecule has 0 amide bonds. The Labute approximate surface area is 238 Å². The van der Waals surface area contributed by atoms with Crippen LogP contribution in [0.1, 0.15) is 56.3 Å². The van der Waals surface area contributed by atoms with Gasteiger partial charge in [0.25, 0.3) is 5.60 Å². The molecule has 1 saturated carbocycles. The Hall–Kier alpha value is -5.16. The van der Waals surface area contributed by atoms with Crippen LogP contribution in [0.25, 0.3) is 5.76 Å². The number of phenolic OH excluding ortho intramolecular Hbond substituents is 2. The first-order valence-corrected chi connectivity index (χ1v) is 13.0. The maximum absolute atomic E-state index is 13.4. The molecule has 0 aromatic heterocycles. The lowest BCUT2D eigenvalue weighted by atomic mass is 9.69. The fourth-order valence-electron chi connectivity index (χ4n) is 5.98. The van der Waals surface area contributed by atoms with Gasteiger partial charge >= 0.3 is 5.97 Å². The smallest absolute Gasteiger partial charge is 0.358 e. The summed E-state index contributed by atoms with van der Waals surface area (Å²) in [5.74, 6) is -6.08. The molecule has 4 N–H and O–H groups in total. The Morgan fingerprint density at radius 2 is 1.69 bits per heavy atom. The molecule has 0 unspecified atom stereocenters. The normalized spacial score (nSPS) is 22.4. The van der Waals surface area contributed by atoms with Crippen molar-refractivity contribution >= 4 is 29.1 Å². The van der Waals surface area contributed by atoms with Crippen LogP contribution >= 0.6 is 0 Å². The molecule has 0 bridgehead atoms. The molecule has 0 radical (unpaired) electrons. The molecule has 3 aromatic carbocycles. The fourth-order valence-corrected chi connectivity index (χ4v) is 5.98. The van der Waals surface area contributed by atoms with Crippen LogP contribution in [0.3, 0.4) is 0 Å². The number of phenols is 2. The number of rotatable bonds is 3. The van der Waals surface area contributed by atoms with E-state index >= 15 is 0 Å². The molecule has 3 aliphatic rings. The van der Waals surface area contributed by atoms with Crippen LogP contribution < -0.4 is 9.47 Å². The molecule has 0 saturated heterocycles. The molecule has 6 rings (SSSR count). The van der Waals surface area contributed by atoms with Crippen molar-refractivity contribution in [3.8, 4) is 28.7 Å². The minimum absolute atomic E-state index is 0.00598. The van der Waals surface area contributed by atoms with Gasteiger partial charge in [-0.2, -0.15) is 0 Å². The quantitative estimate of drug-likeness (QED) is 0.264. The number of aryl methyl sites for hydroxylation is 1. The summed E-state index contributed by atoms with van der Waals surface area (Å²) < 4.78 is 16.9. The van der Waals surface area contributed by atoms with E-state index in [1.165, 1.54) is 49.4 Å². The Morgan fingerprint density at radius 1 is 0.976 bits per heavy atom. The van der Waals surface area contributed by atoms with Crippen molar-refractivity contribution in [2.24, 2.45) is 5.92 Å². The lowest BCUT2D eigenvalue weighted by Crippen LogP contribution is -2.64. The van der Waals surface area contributed by atoms with E-state index in [0.29, 0.717) is 0 Å². The van der Waals surface area contributed by atoms with Gasteiger partial charge in [-0.25, -0.2) is 4.79 Å². The third kappa shape index (κ3) is 3.43. The molecule has 2 aliphatic carbocycles. The van der Waals surface area contributed by atoms with Crippen LogP contribution in [0.2, 0.25) is 0 Å². The number of aromatic hydroxyl groups is 2. The summed E-state index contributed by atoms with van der Waals surface area (Å²) in [6, 6.07) is 9.68. The van der Waals surface area contributed by atoms with Gasteiger partial charge in [-0.15, -0.1) is 0 Å². The first kappa shape index (κ1) is 27.0. The van der Waals surface area contributed by atoms with Crippen molar-refractivity contribution in [1.29, 1.82) is 0 Å². The Balaban J connectivity index is 1.51. The molecule has 1 fully saturated rings. The standard InChI is InChI=1S/C31H24O11/c1-12-10-15-21(25(35)20-14(24(15)34)6-4-7-16(20)32)27(37)28(12)41-18-8-5-9-19-22(18)26(36)23-17(33)11-13(2)29(38)31(23,42-19)30(39)40-3/h4-10,13,29,32,36-38H,11H2,1-3H3/t13-,29-,31+/m0/s1. The maximum Gasteiger partial charge on any atom is 0.358 e. The number of carbonyl (C=O) groups is 4. The number of esters is 1. The van der Waals surface area contributed by atoms with E-state index < -0.39 is 63.8 Å². The second-order valence-corrected chi connectivity index (χ2v) is 10.5. The average Bonchev–Trinajstić information content (AvgIpc) is 2.95. The molecule has 42 heavy (non-hydrogen) atoms. The van der Waals surface area contributed by atoms with Crippen molar-refractivity contribution in [3.63, 3.8) is 0 Å². The molecular weight excluding hydrogens is 548 g/mol. The number of carbonyl (C=O) groups excluding carboxylic acids is 4. The number of ether oxygens (including phenoxy) is 3.